The Morgan fingerprint density at radius 3 is 2.75 bits per heavy atom. The van der Waals surface area contributed by atoms with Crippen LogP contribution in [-0.2, 0) is 11.2 Å². The normalized spacial score (nSPS) is 18.2. The summed E-state index contributed by atoms with van der Waals surface area (Å²) in [5.74, 6) is 1.75. The first kappa shape index (κ1) is 16.8. The number of hydrogen-bond donors (Lipinski definition) is 0. The van der Waals surface area contributed by atoms with Crippen LogP contribution in [0, 0.1) is 0 Å². The predicted octanol–water partition coefficient (Wildman–Crippen LogP) is 1.87. The van der Waals surface area contributed by atoms with E-state index in [1.165, 1.54) is 0 Å². The summed E-state index contributed by atoms with van der Waals surface area (Å²) in [6, 6.07) is 6.00. The SMILES string of the molecule is CCc1cc(N2CCOC(CN(C)C)C2)nc(-c2ccncc2)n1. The van der Waals surface area contributed by atoms with E-state index in [4.69, 9.17) is 9.72 Å². The summed E-state index contributed by atoms with van der Waals surface area (Å²) in [5, 5.41) is 0. The minimum Gasteiger partial charge on any atom is -0.373 e. The third kappa shape index (κ3) is 4.07. The van der Waals surface area contributed by atoms with Gasteiger partial charge in [-0.2, -0.15) is 0 Å². The Bertz CT molecular complexity index is 662. The molecular weight excluding hydrogens is 302 g/mol. The van der Waals surface area contributed by atoms with Crippen LogP contribution in [0.5, 0.6) is 0 Å². The Morgan fingerprint density at radius 1 is 1.25 bits per heavy atom. The molecule has 0 radical (unpaired) electrons. The van der Waals surface area contributed by atoms with E-state index in [-0.39, 0.29) is 6.10 Å². The molecule has 24 heavy (non-hydrogen) atoms. The highest BCUT2D eigenvalue weighted by atomic mass is 16.5. The zero-order chi connectivity index (χ0) is 16.9. The van der Waals surface area contributed by atoms with Gasteiger partial charge in [0.15, 0.2) is 5.82 Å². The molecule has 1 saturated heterocycles. The number of nitrogens with zero attached hydrogens (tertiary/aromatic N) is 5. The predicted molar refractivity (Wildman–Crippen MR) is 95.1 cm³/mol. The Kier molecular flexibility index (Phi) is 5.37. The molecular formula is C18H25N5O. The molecule has 2 aromatic heterocycles. The first-order valence-electron chi connectivity index (χ1n) is 8.45. The van der Waals surface area contributed by atoms with E-state index < -0.39 is 0 Å². The van der Waals surface area contributed by atoms with E-state index in [9.17, 15) is 0 Å². The molecule has 1 atom stereocenters. The van der Waals surface area contributed by atoms with Gasteiger partial charge < -0.3 is 14.5 Å². The highest BCUT2D eigenvalue weighted by Gasteiger charge is 2.23. The van der Waals surface area contributed by atoms with Crippen molar-refractivity contribution in [2.24, 2.45) is 0 Å². The van der Waals surface area contributed by atoms with E-state index >= 15 is 0 Å². The first-order chi connectivity index (χ1) is 11.7. The van der Waals surface area contributed by atoms with Crippen molar-refractivity contribution in [1.82, 2.24) is 19.9 Å². The Labute approximate surface area is 143 Å². The van der Waals surface area contributed by atoms with Gasteiger partial charge in [0, 0.05) is 49.4 Å². The summed E-state index contributed by atoms with van der Waals surface area (Å²) in [4.78, 5) is 18.0. The summed E-state index contributed by atoms with van der Waals surface area (Å²) in [6.07, 6.45) is 4.65. The second-order valence-electron chi connectivity index (χ2n) is 6.33. The van der Waals surface area contributed by atoms with Crippen molar-refractivity contribution in [3.05, 3.63) is 36.3 Å². The Hall–Kier alpha value is -2.05. The second-order valence-corrected chi connectivity index (χ2v) is 6.33. The quantitative estimate of drug-likeness (QED) is 0.836. The van der Waals surface area contributed by atoms with E-state index in [1.54, 1.807) is 12.4 Å². The molecule has 1 aliphatic rings. The van der Waals surface area contributed by atoms with Crippen LogP contribution in [0.3, 0.4) is 0 Å². The fourth-order valence-corrected chi connectivity index (χ4v) is 2.90. The van der Waals surface area contributed by atoms with Crippen LogP contribution in [-0.4, -0.2) is 66.3 Å². The average molecular weight is 327 g/mol. The van der Waals surface area contributed by atoms with Gasteiger partial charge in [0.1, 0.15) is 5.82 Å². The zero-order valence-electron chi connectivity index (χ0n) is 14.6. The van der Waals surface area contributed by atoms with E-state index in [1.807, 2.05) is 12.1 Å². The van der Waals surface area contributed by atoms with Crippen LogP contribution >= 0.6 is 0 Å². The number of aromatic nitrogens is 3. The monoisotopic (exact) mass is 327 g/mol. The van der Waals surface area contributed by atoms with E-state index in [0.29, 0.717) is 0 Å². The second kappa shape index (κ2) is 7.68. The summed E-state index contributed by atoms with van der Waals surface area (Å²) < 4.78 is 5.88. The number of ether oxygens (including phenoxy) is 1. The van der Waals surface area contributed by atoms with Gasteiger partial charge in [0.05, 0.1) is 12.7 Å². The number of aryl methyl sites for hydroxylation is 1. The number of anilines is 1. The lowest BCUT2D eigenvalue weighted by Crippen LogP contribution is -2.46. The maximum Gasteiger partial charge on any atom is 0.161 e. The van der Waals surface area contributed by atoms with E-state index in [2.05, 4.69) is 46.9 Å². The van der Waals surface area contributed by atoms with Crippen LogP contribution < -0.4 is 4.90 Å². The number of rotatable bonds is 5. The summed E-state index contributed by atoms with van der Waals surface area (Å²) in [7, 11) is 4.15. The summed E-state index contributed by atoms with van der Waals surface area (Å²) in [6.45, 7) is 5.48. The molecule has 0 aliphatic carbocycles. The molecule has 128 valence electrons. The largest absolute Gasteiger partial charge is 0.373 e. The molecule has 0 saturated carbocycles. The van der Waals surface area contributed by atoms with E-state index in [0.717, 1.165) is 55.6 Å². The Morgan fingerprint density at radius 2 is 2.04 bits per heavy atom. The molecule has 0 N–H and O–H groups in total. The molecule has 2 aromatic rings. The standard InChI is InChI=1S/C18H25N5O/c1-4-15-11-17(21-18(20-15)14-5-7-19-8-6-14)23-9-10-24-16(13-23)12-22(2)3/h5-8,11,16H,4,9-10,12-13H2,1-3H3. The molecule has 0 spiro atoms. The Balaban J connectivity index is 1.87. The van der Waals surface area contributed by atoms with Crippen LogP contribution in [0.4, 0.5) is 5.82 Å². The van der Waals surface area contributed by atoms with Gasteiger partial charge in [-0.3, -0.25) is 4.98 Å². The fraction of sp³-hybridized carbons (Fsp3) is 0.500. The molecule has 3 rings (SSSR count). The topological polar surface area (TPSA) is 54.4 Å². The van der Waals surface area contributed by atoms with Gasteiger partial charge in [-0.15, -0.1) is 0 Å². The van der Waals surface area contributed by atoms with Gasteiger partial charge >= 0.3 is 0 Å². The lowest BCUT2D eigenvalue weighted by atomic mass is 10.2. The molecule has 6 nitrogen and oxygen atoms in total. The van der Waals surface area contributed by atoms with Crippen LogP contribution in [0.1, 0.15) is 12.6 Å². The summed E-state index contributed by atoms with van der Waals surface area (Å²) >= 11 is 0. The van der Waals surface area contributed by atoms with Crippen molar-refractivity contribution in [2.45, 2.75) is 19.4 Å². The zero-order valence-corrected chi connectivity index (χ0v) is 14.6. The third-order valence-corrected chi connectivity index (χ3v) is 4.10. The molecule has 1 unspecified atom stereocenters. The number of pyridine rings is 1. The first-order valence-corrected chi connectivity index (χ1v) is 8.45. The van der Waals surface area contributed by atoms with Gasteiger partial charge in [-0.25, -0.2) is 9.97 Å². The van der Waals surface area contributed by atoms with Crippen molar-refractivity contribution in [3.63, 3.8) is 0 Å². The van der Waals surface area contributed by atoms with Crippen molar-refractivity contribution in [2.75, 3.05) is 45.2 Å². The van der Waals surface area contributed by atoms with Crippen molar-refractivity contribution < 1.29 is 4.74 Å². The number of morpholine rings is 1. The smallest absolute Gasteiger partial charge is 0.161 e. The molecule has 0 amide bonds. The highest BCUT2D eigenvalue weighted by Crippen LogP contribution is 2.22. The minimum absolute atomic E-state index is 0.207. The minimum atomic E-state index is 0.207. The van der Waals surface area contributed by atoms with Crippen LogP contribution in [0.15, 0.2) is 30.6 Å². The molecule has 1 fully saturated rings. The van der Waals surface area contributed by atoms with Crippen molar-refractivity contribution in [3.8, 4) is 11.4 Å². The number of hydrogen-bond acceptors (Lipinski definition) is 6. The fourth-order valence-electron chi connectivity index (χ4n) is 2.90. The highest BCUT2D eigenvalue weighted by molar-refractivity contribution is 5.57. The lowest BCUT2D eigenvalue weighted by molar-refractivity contribution is 0.0245. The van der Waals surface area contributed by atoms with Gasteiger partial charge in [0.25, 0.3) is 0 Å². The number of likely N-dealkylation sites (N-methyl/N-ethyl adjacent to an activating group) is 1. The molecule has 1 aliphatic heterocycles. The molecule has 0 aromatic carbocycles. The third-order valence-electron chi connectivity index (χ3n) is 4.10. The summed E-state index contributed by atoms with van der Waals surface area (Å²) in [5.41, 5.74) is 2.06. The molecule has 6 heteroatoms. The van der Waals surface area contributed by atoms with Crippen molar-refractivity contribution >= 4 is 5.82 Å². The lowest BCUT2D eigenvalue weighted by Gasteiger charge is -2.35. The maximum atomic E-state index is 5.88. The maximum absolute atomic E-state index is 5.88. The van der Waals surface area contributed by atoms with Gasteiger partial charge in [-0.05, 0) is 32.6 Å². The van der Waals surface area contributed by atoms with Gasteiger partial charge in [-0.1, -0.05) is 6.92 Å². The average Bonchev–Trinajstić information content (AvgIpc) is 2.61. The molecule has 3 heterocycles. The van der Waals surface area contributed by atoms with Crippen LogP contribution in [0.25, 0.3) is 11.4 Å². The van der Waals surface area contributed by atoms with Crippen LogP contribution in [0.2, 0.25) is 0 Å². The van der Waals surface area contributed by atoms with Gasteiger partial charge in [0.2, 0.25) is 0 Å². The van der Waals surface area contributed by atoms with Crippen molar-refractivity contribution in [1.29, 1.82) is 0 Å². The molecule has 0 bridgehead atoms.